The van der Waals surface area contributed by atoms with Crippen LogP contribution in [0, 0.1) is 13.8 Å². The summed E-state index contributed by atoms with van der Waals surface area (Å²) in [6.07, 6.45) is 5.83. The number of benzene rings is 1. The van der Waals surface area contributed by atoms with E-state index in [2.05, 4.69) is 24.0 Å². The molecule has 0 aliphatic carbocycles. The topological polar surface area (TPSA) is 47.1 Å². The summed E-state index contributed by atoms with van der Waals surface area (Å²) in [6, 6.07) is 7.76. The normalized spacial score (nSPS) is 10.7. The van der Waals surface area contributed by atoms with Gasteiger partial charge in [0.15, 0.2) is 0 Å². The standard InChI is InChI=1S/C18H26N2O2/c1-14-18(15(2)20-19-14)11-6-4-5-7-12-22-17-10-8-9-16(13-17)21-3/h8-10,13H,4-7,11-12H2,1-3H3,(H,19,20). The summed E-state index contributed by atoms with van der Waals surface area (Å²) >= 11 is 0. The van der Waals surface area contributed by atoms with Gasteiger partial charge in [0.1, 0.15) is 11.5 Å². The molecule has 0 atom stereocenters. The fourth-order valence-electron chi connectivity index (χ4n) is 2.58. The van der Waals surface area contributed by atoms with E-state index >= 15 is 0 Å². The highest BCUT2D eigenvalue weighted by atomic mass is 16.5. The molecule has 2 aromatic rings. The maximum absolute atomic E-state index is 5.74. The Morgan fingerprint density at radius 2 is 1.82 bits per heavy atom. The van der Waals surface area contributed by atoms with Gasteiger partial charge in [-0.1, -0.05) is 18.9 Å². The molecule has 0 aliphatic heterocycles. The smallest absolute Gasteiger partial charge is 0.122 e. The minimum absolute atomic E-state index is 0.761. The highest BCUT2D eigenvalue weighted by Crippen LogP contribution is 2.19. The third-order valence-corrected chi connectivity index (χ3v) is 3.91. The number of methoxy groups -OCH3 is 1. The van der Waals surface area contributed by atoms with Crippen LogP contribution in [0.25, 0.3) is 0 Å². The molecule has 22 heavy (non-hydrogen) atoms. The zero-order valence-electron chi connectivity index (χ0n) is 13.8. The third kappa shape index (κ3) is 4.79. The van der Waals surface area contributed by atoms with Crippen LogP contribution >= 0.6 is 0 Å². The molecule has 1 aromatic heterocycles. The van der Waals surface area contributed by atoms with Crippen molar-refractivity contribution in [1.82, 2.24) is 10.2 Å². The average Bonchev–Trinajstić information content (AvgIpc) is 2.85. The predicted molar refractivity (Wildman–Crippen MR) is 88.7 cm³/mol. The molecule has 0 radical (unpaired) electrons. The van der Waals surface area contributed by atoms with Crippen LogP contribution in [0.15, 0.2) is 24.3 Å². The van der Waals surface area contributed by atoms with Crippen molar-refractivity contribution < 1.29 is 9.47 Å². The lowest BCUT2D eigenvalue weighted by Gasteiger charge is -2.07. The van der Waals surface area contributed by atoms with Gasteiger partial charge < -0.3 is 9.47 Å². The number of ether oxygens (including phenoxy) is 2. The fourth-order valence-corrected chi connectivity index (χ4v) is 2.58. The van der Waals surface area contributed by atoms with Crippen LogP contribution in [-0.4, -0.2) is 23.9 Å². The number of hydrogen-bond acceptors (Lipinski definition) is 3. The molecule has 4 heteroatoms. The Kier molecular flexibility index (Phi) is 6.31. The van der Waals surface area contributed by atoms with Gasteiger partial charge >= 0.3 is 0 Å². The molecule has 1 heterocycles. The van der Waals surface area contributed by atoms with Gasteiger partial charge in [0.25, 0.3) is 0 Å². The Bertz CT molecular complexity index is 559. The number of rotatable bonds is 9. The first-order chi connectivity index (χ1) is 10.7. The van der Waals surface area contributed by atoms with Crippen molar-refractivity contribution in [2.24, 2.45) is 0 Å². The second-order valence-corrected chi connectivity index (χ2v) is 5.60. The number of aromatic nitrogens is 2. The predicted octanol–water partition coefficient (Wildman–Crippen LogP) is 4.22. The molecule has 4 nitrogen and oxygen atoms in total. The molecular formula is C18H26N2O2. The lowest BCUT2D eigenvalue weighted by atomic mass is 10.0. The van der Waals surface area contributed by atoms with E-state index < -0.39 is 0 Å². The van der Waals surface area contributed by atoms with Crippen molar-refractivity contribution in [3.05, 3.63) is 41.2 Å². The van der Waals surface area contributed by atoms with Crippen LogP contribution in [0.3, 0.4) is 0 Å². The van der Waals surface area contributed by atoms with E-state index in [0.29, 0.717) is 0 Å². The number of aromatic amines is 1. The van der Waals surface area contributed by atoms with Gasteiger partial charge in [0, 0.05) is 11.8 Å². The Labute approximate surface area is 132 Å². The zero-order valence-corrected chi connectivity index (χ0v) is 13.8. The molecular weight excluding hydrogens is 276 g/mol. The second kappa shape index (κ2) is 8.47. The molecule has 0 unspecified atom stereocenters. The van der Waals surface area contributed by atoms with Crippen LogP contribution in [0.2, 0.25) is 0 Å². The Hall–Kier alpha value is -1.97. The fraction of sp³-hybridized carbons (Fsp3) is 0.500. The monoisotopic (exact) mass is 302 g/mol. The van der Waals surface area contributed by atoms with Crippen molar-refractivity contribution in [2.45, 2.75) is 46.0 Å². The number of nitrogens with zero attached hydrogens (tertiary/aromatic N) is 1. The van der Waals surface area contributed by atoms with E-state index in [-0.39, 0.29) is 0 Å². The van der Waals surface area contributed by atoms with Gasteiger partial charge in [-0.05, 0) is 50.8 Å². The van der Waals surface area contributed by atoms with E-state index in [4.69, 9.17) is 9.47 Å². The van der Waals surface area contributed by atoms with Crippen LogP contribution < -0.4 is 9.47 Å². The maximum atomic E-state index is 5.74. The highest BCUT2D eigenvalue weighted by molar-refractivity contribution is 5.32. The van der Waals surface area contributed by atoms with E-state index in [0.717, 1.165) is 36.6 Å². The van der Waals surface area contributed by atoms with Crippen LogP contribution in [0.4, 0.5) is 0 Å². The number of H-pyrrole nitrogens is 1. The average molecular weight is 302 g/mol. The summed E-state index contributed by atoms with van der Waals surface area (Å²) in [7, 11) is 1.67. The van der Waals surface area contributed by atoms with Gasteiger partial charge in [-0.2, -0.15) is 5.10 Å². The number of hydrogen-bond donors (Lipinski definition) is 1. The first-order valence-corrected chi connectivity index (χ1v) is 7.98. The molecule has 0 spiro atoms. The second-order valence-electron chi connectivity index (χ2n) is 5.60. The molecule has 0 fully saturated rings. The molecule has 0 aliphatic rings. The largest absolute Gasteiger partial charge is 0.497 e. The molecule has 1 aromatic carbocycles. The Balaban J connectivity index is 1.58. The van der Waals surface area contributed by atoms with E-state index in [9.17, 15) is 0 Å². The lowest BCUT2D eigenvalue weighted by molar-refractivity contribution is 0.302. The van der Waals surface area contributed by atoms with Crippen molar-refractivity contribution in [3.63, 3.8) is 0 Å². The van der Waals surface area contributed by atoms with E-state index in [1.807, 2.05) is 24.3 Å². The summed E-state index contributed by atoms with van der Waals surface area (Å²) in [5.74, 6) is 1.72. The summed E-state index contributed by atoms with van der Waals surface area (Å²) in [6.45, 7) is 4.93. The molecule has 0 bridgehead atoms. The van der Waals surface area contributed by atoms with Gasteiger partial charge in [0.05, 0.1) is 19.4 Å². The number of unbranched alkanes of at least 4 members (excludes halogenated alkanes) is 3. The Morgan fingerprint density at radius 3 is 2.55 bits per heavy atom. The van der Waals surface area contributed by atoms with Crippen LogP contribution in [-0.2, 0) is 6.42 Å². The molecule has 120 valence electrons. The molecule has 0 saturated heterocycles. The van der Waals surface area contributed by atoms with Crippen LogP contribution in [0.1, 0.15) is 42.6 Å². The summed E-state index contributed by atoms with van der Waals surface area (Å²) < 4.78 is 10.9. The molecule has 2 rings (SSSR count). The zero-order chi connectivity index (χ0) is 15.8. The van der Waals surface area contributed by atoms with E-state index in [1.54, 1.807) is 7.11 Å². The summed E-state index contributed by atoms with van der Waals surface area (Å²) in [5.41, 5.74) is 3.73. The van der Waals surface area contributed by atoms with Crippen molar-refractivity contribution in [1.29, 1.82) is 0 Å². The highest BCUT2D eigenvalue weighted by Gasteiger charge is 2.05. The van der Waals surface area contributed by atoms with Gasteiger partial charge in [-0.3, -0.25) is 5.10 Å². The van der Waals surface area contributed by atoms with Crippen molar-refractivity contribution >= 4 is 0 Å². The molecule has 1 N–H and O–H groups in total. The van der Waals surface area contributed by atoms with Gasteiger partial charge in [-0.25, -0.2) is 0 Å². The maximum Gasteiger partial charge on any atom is 0.122 e. The lowest BCUT2D eigenvalue weighted by Crippen LogP contribution is -1.98. The summed E-state index contributed by atoms with van der Waals surface area (Å²) in [4.78, 5) is 0. The van der Waals surface area contributed by atoms with E-state index in [1.165, 1.54) is 30.5 Å². The molecule has 0 saturated carbocycles. The SMILES string of the molecule is COc1cccc(OCCCCCCc2c(C)n[nH]c2C)c1. The first-order valence-electron chi connectivity index (χ1n) is 7.98. The van der Waals surface area contributed by atoms with Crippen LogP contribution in [0.5, 0.6) is 11.5 Å². The molecule has 0 amide bonds. The Morgan fingerprint density at radius 1 is 1.05 bits per heavy atom. The minimum Gasteiger partial charge on any atom is -0.497 e. The van der Waals surface area contributed by atoms with Gasteiger partial charge in [-0.15, -0.1) is 0 Å². The summed E-state index contributed by atoms with van der Waals surface area (Å²) in [5, 5.41) is 7.28. The van der Waals surface area contributed by atoms with Gasteiger partial charge in [0.2, 0.25) is 0 Å². The van der Waals surface area contributed by atoms with Crippen molar-refractivity contribution in [3.8, 4) is 11.5 Å². The first kappa shape index (κ1) is 16.4. The quantitative estimate of drug-likeness (QED) is 0.706. The van der Waals surface area contributed by atoms with Crippen molar-refractivity contribution in [2.75, 3.05) is 13.7 Å². The number of nitrogens with one attached hydrogen (secondary N) is 1. The number of aryl methyl sites for hydroxylation is 2. The minimum atomic E-state index is 0.761. The third-order valence-electron chi connectivity index (χ3n) is 3.91.